The van der Waals surface area contributed by atoms with Crippen LogP contribution in [0.2, 0.25) is 5.02 Å². The summed E-state index contributed by atoms with van der Waals surface area (Å²) in [6, 6.07) is 12.7. The number of thiocarbonyl (C=S) groups is 1. The second-order valence-corrected chi connectivity index (χ2v) is 8.41. The molecule has 1 amide bonds. The van der Waals surface area contributed by atoms with Gasteiger partial charge < -0.3 is 9.47 Å². The lowest BCUT2D eigenvalue weighted by Gasteiger charge is -2.15. The van der Waals surface area contributed by atoms with E-state index in [4.69, 9.17) is 33.3 Å². The van der Waals surface area contributed by atoms with Crippen LogP contribution in [0.25, 0.3) is 6.08 Å². The predicted molar refractivity (Wildman–Crippen MR) is 120 cm³/mol. The molecule has 0 aromatic heterocycles. The third-order valence-electron chi connectivity index (χ3n) is 3.81. The quantitative estimate of drug-likeness (QED) is 0.417. The molecule has 146 valence electrons. The maximum atomic E-state index is 12.9. The molecule has 0 N–H and O–H groups in total. The highest BCUT2D eigenvalue weighted by Crippen LogP contribution is 2.37. The summed E-state index contributed by atoms with van der Waals surface area (Å²) in [5, 5.41) is 0.608. The maximum Gasteiger partial charge on any atom is 0.270 e. The highest BCUT2D eigenvalue weighted by molar-refractivity contribution is 8.27. The van der Waals surface area contributed by atoms with E-state index >= 15 is 0 Å². The molecule has 1 aliphatic heterocycles. The smallest absolute Gasteiger partial charge is 0.270 e. The number of thioether (sulfide) groups is 1. The number of carbonyl (C=O) groups excluding carboxylic acids is 1. The zero-order valence-electron chi connectivity index (χ0n) is 15.8. The fourth-order valence-electron chi connectivity index (χ4n) is 2.67. The van der Waals surface area contributed by atoms with Crippen molar-refractivity contribution >= 4 is 57.6 Å². The van der Waals surface area contributed by atoms with Gasteiger partial charge in [-0.1, -0.05) is 41.6 Å². The van der Waals surface area contributed by atoms with Crippen LogP contribution in [0, 0.1) is 0 Å². The van der Waals surface area contributed by atoms with E-state index in [2.05, 4.69) is 0 Å². The largest absolute Gasteiger partial charge is 0.490 e. The van der Waals surface area contributed by atoms with Crippen LogP contribution >= 0.6 is 35.6 Å². The lowest BCUT2D eigenvalue weighted by Crippen LogP contribution is -2.27. The van der Waals surface area contributed by atoms with Gasteiger partial charge in [0.05, 0.1) is 23.3 Å². The highest BCUT2D eigenvalue weighted by atomic mass is 35.5. The van der Waals surface area contributed by atoms with E-state index in [-0.39, 0.29) is 12.0 Å². The number of hydrogen-bond acceptors (Lipinski definition) is 5. The minimum Gasteiger partial charge on any atom is -0.490 e. The third kappa shape index (κ3) is 4.69. The van der Waals surface area contributed by atoms with Crippen LogP contribution in [0.3, 0.4) is 0 Å². The van der Waals surface area contributed by atoms with Gasteiger partial charge in [-0.25, -0.2) is 0 Å². The molecule has 0 bridgehead atoms. The van der Waals surface area contributed by atoms with E-state index in [9.17, 15) is 4.79 Å². The van der Waals surface area contributed by atoms with Crippen LogP contribution in [0.15, 0.2) is 47.4 Å². The first-order valence-corrected chi connectivity index (χ1v) is 10.5. The summed E-state index contributed by atoms with van der Waals surface area (Å²) in [5.41, 5.74) is 1.54. The minimum atomic E-state index is -0.155. The van der Waals surface area contributed by atoms with E-state index in [1.54, 1.807) is 24.3 Å². The lowest BCUT2D eigenvalue weighted by atomic mass is 10.1. The fraction of sp³-hybridized carbons (Fsp3) is 0.238. The summed E-state index contributed by atoms with van der Waals surface area (Å²) in [4.78, 5) is 15.0. The van der Waals surface area contributed by atoms with Gasteiger partial charge in [-0.15, -0.1) is 0 Å². The molecule has 1 aliphatic rings. The molecule has 1 heterocycles. The number of nitrogens with zero attached hydrogens (tertiary/aromatic N) is 1. The molecule has 1 fully saturated rings. The van der Waals surface area contributed by atoms with Crippen molar-refractivity contribution in [1.29, 1.82) is 0 Å². The lowest BCUT2D eigenvalue weighted by molar-refractivity contribution is -0.113. The summed E-state index contributed by atoms with van der Waals surface area (Å²) >= 11 is 12.6. The second kappa shape index (κ2) is 8.99. The SMILES string of the molecule is CCOc1cc(/C=C2\SC(=S)N(c3ccc(Cl)cc3)C2=O)ccc1OC(C)C. The van der Waals surface area contributed by atoms with Crippen LogP contribution in [0.4, 0.5) is 5.69 Å². The number of halogens is 1. The summed E-state index contributed by atoms with van der Waals surface area (Å²) in [6.45, 7) is 6.37. The first kappa shape index (κ1) is 20.7. The Hall–Kier alpha value is -2.02. The van der Waals surface area contributed by atoms with Gasteiger partial charge in [0, 0.05) is 5.02 Å². The average molecular weight is 434 g/mol. The maximum absolute atomic E-state index is 12.9. The topological polar surface area (TPSA) is 38.8 Å². The molecule has 0 spiro atoms. The molecule has 3 rings (SSSR count). The molecule has 0 unspecified atom stereocenters. The van der Waals surface area contributed by atoms with Crippen LogP contribution in [-0.2, 0) is 4.79 Å². The molecule has 0 radical (unpaired) electrons. The Balaban J connectivity index is 1.89. The van der Waals surface area contributed by atoms with Gasteiger partial charge in [-0.2, -0.15) is 0 Å². The van der Waals surface area contributed by atoms with Gasteiger partial charge in [0.15, 0.2) is 15.8 Å². The Bertz CT molecular complexity index is 926. The average Bonchev–Trinajstić information content (AvgIpc) is 2.91. The third-order valence-corrected chi connectivity index (χ3v) is 5.36. The van der Waals surface area contributed by atoms with Gasteiger partial charge in [-0.3, -0.25) is 9.69 Å². The summed E-state index contributed by atoms with van der Waals surface area (Å²) < 4.78 is 12.0. The van der Waals surface area contributed by atoms with Crippen LogP contribution < -0.4 is 14.4 Å². The van der Waals surface area contributed by atoms with Gasteiger partial charge in [-0.05, 0) is 68.8 Å². The number of rotatable bonds is 6. The van der Waals surface area contributed by atoms with Crippen molar-refractivity contribution in [3.63, 3.8) is 0 Å². The van der Waals surface area contributed by atoms with Gasteiger partial charge >= 0.3 is 0 Å². The number of benzene rings is 2. The number of carbonyl (C=O) groups is 1. The van der Waals surface area contributed by atoms with Crippen LogP contribution in [-0.4, -0.2) is 22.9 Å². The standard InChI is InChI=1S/C21H20ClNO3S2/c1-4-25-18-11-14(5-10-17(18)26-13(2)3)12-19-20(24)23(21(27)28-19)16-8-6-15(22)7-9-16/h5-13H,4H2,1-3H3/b19-12-. The van der Waals surface area contributed by atoms with Crippen molar-refractivity contribution < 1.29 is 14.3 Å². The molecule has 0 atom stereocenters. The molecule has 0 aliphatic carbocycles. The first-order chi connectivity index (χ1) is 13.4. The Labute approximate surface area is 179 Å². The first-order valence-electron chi connectivity index (χ1n) is 8.86. The number of amides is 1. The Kier molecular flexibility index (Phi) is 6.65. The van der Waals surface area contributed by atoms with Crippen molar-refractivity contribution in [2.24, 2.45) is 0 Å². The Morgan fingerprint density at radius 1 is 1.18 bits per heavy atom. The van der Waals surface area contributed by atoms with Crippen LogP contribution in [0.1, 0.15) is 26.3 Å². The fourth-order valence-corrected chi connectivity index (χ4v) is 4.09. The van der Waals surface area contributed by atoms with E-state index in [1.165, 1.54) is 16.7 Å². The van der Waals surface area contributed by atoms with Crippen LogP contribution in [0.5, 0.6) is 11.5 Å². The predicted octanol–water partition coefficient (Wildman–Crippen LogP) is 5.93. The highest BCUT2D eigenvalue weighted by Gasteiger charge is 2.33. The Morgan fingerprint density at radius 3 is 2.54 bits per heavy atom. The number of hydrogen-bond donors (Lipinski definition) is 0. The van der Waals surface area contributed by atoms with E-state index < -0.39 is 0 Å². The van der Waals surface area contributed by atoms with Crippen molar-refractivity contribution in [3.8, 4) is 11.5 Å². The molecular weight excluding hydrogens is 414 g/mol. The molecule has 7 heteroatoms. The Morgan fingerprint density at radius 2 is 1.89 bits per heavy atom. The monoisotopic (exact) mass is 433 g/mol. The molecule has 1 saturated heterocycles. The van der Waals surface area contributed by atoms with Gasteiger partial charge in [0.25, 0.3) is 5.91 Å². The zero-order chi connectivity index (χ0) is 20.3. The molecule has 2 aromatic carbocycles. The summed E-state index contributed by atoms with van der Waals surface area (Å²) in [6.07, 6.45) is 1.86. The van der Waals surface area contributed by atoms with Crippen molar-refractivity contribution in [1.82, 2.24) is 0 Å². The second-order valence-electron chi connectivity index (χ2n) is 6.30. The van der Waals surface area contributed by atoms with E-state index in [0.29, 0.717) is 38.0 Å². The normalized spacial score (nSPS) is 15.6. The molecular formula is C21H20ClNO3S2. The molecule has 0 saturated carbocycles. The van der Waals surface area contributed by atoms with E-state index in [1.807, 2.05) is 45.0 Å². The number of anilines is 1. The zero-order valence-corrected chi connectivity index (χ0v) is 18.2. The van der Waals surface area contributed by atoms with Gasteiger partial charge in [0.1, 0.15) is 0 Å². The van der Waals surface area contributed by atoms with Crippen molar-refractivity contribution in [2.75, 3.05) is 11.5 Å². The summed E-state index contributed by atoms with van der Waals surface area (Å²) in [5.74, 6) is 1.18. The van der Waals surface area contributed by atoms with Crippen molar-refractivity contribution in [3.05, 3.63) is 58.0 Å². The van der Waals surface area contributed by atoms with Gasteiger partial charge in [0.2, 0.25) is 0 Å². The summed E-state index contributed by atoms with van der Waals surface area (Å²) in [7, 11) is 0. The molecule has 2 aromatic rings. The van der Waals surface area contributed by atoms with E-state index in [0.717, 1.165) is 5.56 Å². The number of ether oxygens (including phenoxy) is 2. The minimum absolute atomic E-state index is 0.0423. The molecule has 28 heavy (non-hydrogen) atoms. The molecule has 4 nitrogen and oxygen atoms in total. The van der Waals surface area contributed by atoms with Crippen molar-refractivity contribution in [2.45, 2.75) is 26.9 Å².